The summed E-state index contributed by atoms with van der Waals surface area (Å²) in [5.74, 6) is 2.69. The quantitative estimate of drug-likeness (QED) is 0.441. The molecule has 9 nitrogen and oxygen atoms in total. The maximum absolute atomic E-state index is 13.1. The third-order valence-electron chi connectivity index (χ3n) is 5.71. The summed E-state index contributed by atoms with van der Waals surface area (Å²) in [5, 5.41) is 5.43. The molecule has 0 bridgehead atoms. The standard InChI is InChI=1S/C23H22N6O3S/c1-2-4-21(17-5-3-6-19(13-17)33(30,31)28-9-11-32-12-10-28)29-15-18(14-27-29)22-20-7-8-24-23(20)26-16-25-22/h1,3,5-8,13-16,21H,4,9-12H2,(H,24,25,26). The number of morpholine rings is 1. The molecule has 5 rings (SSSR count). The molecule has 1 aromatic carbocycles. The number of hydrogen-bond donors (Lipinski definition) is 1. The van der Waals surface area contributed by atoms with Crippen LogP contribution in [0.4, 0.5) is 0 Å². The van der Waals surface area contributed by atoms with Crippen molar-refractivity contribution < 1.29 is 13.2 Å². The number of rotatable bonds is 6. The van der Waals surface area contributed by atoms with Crippen LogP contribution in [0.3, 0.4) is 0 Å². The number of benzene rings is 1. The molecule has 1 aliphatic rings. The van der Waals surface area contributed by atoms with Crippen LogP contribution in [0.25, 0.3) is 22.3 Å². The minimum absolute atomic E-state index is 0.237. The highest BCUT2D eigenvalue weighted by Gasteiger charge is 2.27. The number of terminal acetylenes is 1. The SMILES string of the molecule is C#CCC(c1cccc(S(=O)(=O)N2CCOCC2)c1)n1cc(-c2ncnc3[nH]ccc23)cn1. The van der Waals surface area contributed by atoms with Gasteiger partial charge in [-0.15, -0.1) is 12.3 Å². The summed E-state index contributed by atoms with van der Waals surface area (Å²) in [4.78, 5) is 12.0. The zero-order chi connectivity index (χ0) is 22.8. The second-order valence-electron chi connectivity index (χ2n) is 7.68. The van der Waals surface area contributed by atoms with Gasteiger partial charge in [-0.05, 0) is 23.8 Å². The highest BCUT2D eigenvalue weighted by molar-refractivity contribution is 7.89. The number of aromatic nitrogens is 5. The number of ether oxygens (including phenoxy) is 1. The lowest BCUT2D eigenvalue weighted by Crippen LogP contribution is -2.40. The molecule has 4 aromatic rings. The Morgan fingerprint density at radius 3 is 2.88 bits per heavy atom. The summed E-state index contributed by atoms with van der Waals surface area (Å²) in [7, 11) is -3.62. The molecule has 0 spiro atoms. The number of H-pyrrole nitrogens is 1. The second kappa shape index (κ2) is 8.78. The first-order valence-corrected chi connectivity index (χ1v) is 12.0. The molecule has 168 valence electrons. The lowest BCUT2D eigenvalue weighted by Gasteiger charge is -2.26. The molecule has 1 atom stereocenters. The van der Waals surface area contributed by atoms with Gasteiger partial charge in [0.1, 0.15) is 12.0 Å². The molecule has 10 heteroatoms. The normalized spacial score (nSPS) is 16.0. The summed E-state index contributed by atoms with van der Waals surface area (Å²) in [6, 6.07) is 8.50. The van der Waals surface area contributed by atoms with E-state index in [9.17, 15) is 8.42 Å². The van der Waals surface area contributed by atoms with Crippen LogP contribution in [0.2, 0.25) is 0 Å². The van der Waals surface area contributed by atoms with Crippen molar-refractivity contribution in [2.24, 2.45) is 0 Å². The fraction of sp³-hybridized carbons (Fsp3) is 0.261. The molecule has 0 amide bonds. The Morgan fingerprint density at radius 1 is 1.21 bits per heavy atom. The highest BCUT2D eigenvalue weighted by Crippen LogP contribution is 2.29. The van der Waals surface area contributed by atoms with Gasteiger partial charge in [0, 0.05) is 42.9 Å². The van der Waals surface area contributed by atoms with Crippen molar-refractivity contribution in [2.45, 2.75) is 17.4 Å². The van der Waals surface area contributed by atoms with Crippen LogP contribution < -0.4 is 0 Å². The van der Waals surface area contributed by atoms with E-state index in [2.05, 4.69) is 26.0 Å². The van der Waals surface area contributed by atoms with Crippen LogP contribution in [0.15, 0.2) is 60.1 Å². The fourth-order valence-electron chi connectivity index (χ4n) is 4.03. The van der Waals surface area contributed by atoms with Crippen LogP contribution in [-0.4, -0.2) is 63.8 Å². The molecule has 1 N–H and O–H groups in total. The van der Waals surface area contributed by atoms with Gasteiger partial charge >= 0.3 is 0 Å². The van der Waals surface area contributed by atoms with Crippen LogP contribution in [0.5, 0.6) is 0 Å². The summed E-state index contributed by atoms with van der Waals surface area (Å²) >= 11 is 0. The molecule has 3 aromatic heterocycles. The van der Waals surface area contributed by atoms with Gasteiger partial charge in [0.25, 0.3) is 0 Å². The van der Waals surface area contributed by atoms with E-state index >= 15 is 0 Å². The molecule has 33 heavy (non-hydrogen) atoms. The van der Waals surface area contributed by atoms with Crippen molar-refractivity contribution in [3.8, 4) is 23.6 Å². The smallest absolute Gasteiger partial charge is 0.243 e. The summed E-state index contributed by atoms with van der Waals surface area (Å²) in [6.45, 7) is 1.48. The Hall–Kier alpha value is -3.52. The third-order valence-corrected chi connectivity index (χ3v) is 7.60. The maximum atomic E-state index is 13.1. The monoisotopic (exact) mass is 462 g/mol. The van der Waals surface area contributed by atoms with Gasteiger partial charge in [0.05, 0.1) is 36.0 Å². The van der Waals surface area contributed by atoms with Crippen molar-refractivity contribution in [3.63, 3.8) is 0 Å². The average Bonchev–Trinajstić information content (AvgIpc) is 3.53. The van der Waals surface area contributed by atoms with E-state index in [1.54, 1.807) is 29.1 Å². The van der Waals surface area contributed by atoms with Crippen molar-refractivity contribution in [3.05, 3.63) is 60.8 Å². The van der Waals surface area contributed by atoms with E-state index < -0.39 is 10.0 Å². The van der Waals surface area contributed by atoms with Crippen LogP contribution in [0, 0.1) is 12.3 Å². The molecule has 0 radical (unpaired) electrons. The fourth-order valence-corrected chi connectivity index (χ4v) is 5.49. The zero-order valence-corrected chi connectivity index (χ0v) is 18.6. The van der Waals surface area contributed by atoms with Gasteiger partial charge in [-0.2, -0.15) is 9.40 Å². The van der Waals surface area contributed by atoms with Crippen molar-refractivity contribution in [1.82, 2.24) is 29.0 Å². The van der Waals surface area contributed by atoms with Crippen molar-refractivity contribution in [2.75, 3.05) is 26.3 Å². The predicted octanol–water partition coefficient (Wildman–Crippen LogP) is 2.46. The second-order valence-corrected chi connectivity index (χ2v) is 9.62. The summed E-state index contributed by atoms with van der Waals surface area (Å²) in [6.07, 6.45) is 12.9. The van der Waals surface area contributed by atoms with Crippen LogP contribution >= 0.6 is 0 Å². The van der Waals surface area contributed by atoms with Gasteiger partial charge in [-0.25, -0.2) is 18.4 Å². The Kier molecular flexibility index (Phi) is 5.68. The first-order valence-electron chi connectivity index (χ1n) is 10.5. The first kappa shape index (κ1) is 21.3. The van der Waals surface area contributed by atoms with Crippen molar-refractivity contribution >= 4 is 21.1 Å². The number of aromatic amines is 1. The van der Waals surface area contributed by atoms with Crippen molar-refractivity contribution in [1.29, 1.82) is 0 Å². The van der Waals surface area contributed by atoms with Gasteiger partial charge in [0.15, 0.2) is 0 Å². The number of sulfonamides is 1. The van der Waals surface area contributed by atoms with Crippen LogP contribution in [0.1, 0.15) is 18.0 Å². The number of nitrogens with zero attached hydrogens (tertiary/aromatic N) is 5. The number of hydrogen-bond acceptors (Lipinski definition) is 6. The highest BCUT2D eigenvalue weighted by atomic mass is 32.2. The lowest BCUT2D eigenvalue weighted by atomic mass is 10.0. The molecule has 1 fully saturated rings. The largest absolute Gasteiger partial charge is 0.379 e. The summed E-state index contributed by atoms with van der Waals surface area (Å²) < 4.78 is 34.8. The Labute approximate surface area is 191 Å². The molecule has 0 saturated carbocycles. The molecular formula is C23H22N6O3S. The van der Waals surface area contributed by atoms with Gasteiger partial charge < -0.3 is 9.72 Å². The summed E-state index contributed by atoms with van der Waals surface area (Å²) in [5.41, 5.74) is 3.09. The van der Waals surface area contributed by atoms with E-state index in [0.717, 1.165) is 27.9 Å². The average molecular weight is 463 g/mol. The van der Waals surface area contributed by atoms with E-state index in [1.807, 2.05) is 24.5 Å². The number of fused-ring (bicyclic) bond motifs is 1. The van der Waals surface area contributed by atoms with Gasteiger partial charge in [-0.3, -0.25) is 4.68 Å². The number of nitrogens with one attached hydrogen (secondary N) is 1. The Bertz CT molecular complexity index is 1430. The molecule has 1 aliphatic heterocycles. The molecule has 1 unspecified atom stereocenters. The van der Waals surface area contributed by atoms with E-state index in [-0.39, 0.29) is 10.9 Å². The molecule has 1 saturated heterocycles. The predicted molar refractivity (Wildman–Crippen MR) is 123 cm³/mol. The zero-order valence-electron chi connectivity index (χ0n) is 17.8. The molecular weight excluding hydrogens is 440 g/mol. The van der Waals surface area contributed by atoms with Crippen LogP contribution in [-0.2, 0) is 14.8 Å². The van der Waals surface area contributed by atoms with Gasteiger partial charge in [0.2, 0.25) is 10.0 Å². The Morgan fingerprint density at radius 2 is 2.06 bits per heavy atom. The van der Waals surface area contributed by atoms with E-state index in [0.29, 0.717) is 32.7 Å². The Balaban J connectivity index is 1.50. The molecule has 4 heterocycles. The van der Waals surface area contributed by atoms with Gasteiger partial charge in [-0.1, -0.05) is 12.1 Å². The minimum atomic E-state index is -3.62. The topological polar surface area (TPSA) is 106 Å². The van der Waals surface area contributed by atoms with E-state index in [4.69, 9.17) is 11.2 Å². The maximum Gasteiger partial charge on any atom is 0.243 e. The third kappa shape index (κ3) is 4.02. The molecule has 0 aliphatic carbocycles. The lowest BCUT2D eigenvalue weighted by molar-refractivity contribution is 0.0730. The van der Waals surface area contributed by atoms with E-state index in [1.165, 1.54) is 10.6 Å². The minimum Gasteiger partial charge on any atom is -0.379 e. The first-order chi connectivity index (χ1) is 16.1.